The summed E-state index contributed by atoms with van der Waals surface area (Å²) in [6, 6.07) is 14.4. The van der Waals surface area contributed by atoms with Gasteiger partial charge in [0.15, 0.2) is 0 Å². The van der Waals surface area contributed by atoms with Crippen LogP contribution >= 0.6 is 0 Å². The van der Waals surface area contributed by atoms with Crippen LogP contribution in [0.5, 0.6) is 0 Å². The Hall–Kier alpha value is -2.55. The van der Waals surface area contributed by atoms with E-state index in [1.165, 1.54) is 28.8 Å². The second kappa shape index (κ2) is 6.01. The molecule has 3 heteroatoms. The molecule has 1 atom stereocenters. The minimum atomic E-state index is -0.237. The third-order valence-electron chi connectivity index (χ3n) is 6.03. The molecule has 0 spiro atoms. The van der Waals surface area contributed by atoms with Crippen molar-refractivity contribution in [2.75, 3.05) is 18.0 Å². The first-order chi connectivity index (χ1) is 12.7. The first-order valence-electron chi connectivity index (χ1n) is 9.65. The van der Waals surface area contributed by atoms with Gasteiger partial charge in [0.2, 0.25) is 0 Å². The van der Waals surface area contributed by atoms with Gasteiger partial charge in [-0.1, -0.05) is 37.3 Å². The first-order valence-corrected chi connectivity index (χ1v) is 9.65. The number of anilines is 1. The van der Waals surface area contributed by atoms with Crippen molar-refractivity contribution in [3.8, 4) is 0 Å². The highest BCUT2D eigenvalue weighted by Crippen LogP contribution is 2.41. The molecule has 0 saturated heterocycles. The zero-order valence-electron chi connectivity index (χ0n) is 15.1. The predicted molar refractivity (Wildman–Crippen MR) is 105 cm³/mol. The van der Waals surface area contributed by atoms with Crippen LogP contribution in [0.25, 0.3) is 11.0 Å². The zero-order chi connectivity index (χ0) is 17.7. The molecule has 0 radical (unpaired) electrons. The van der Waals surface area contributed by atoms with Crippen molar-refractivity contribution < 1.29 is 4.42 Å². The van der Waals surface area contributed by atoms with Crippen LogP contribution in [0.1, 0.15) is 47.9 Å². The summed E-state index contributed by atoms with van der Waals surface area (Å²) in [6.45, 7) is 4.42. The Bertz CT molecular complexity index is 1030. The summed E-state index contributed by atoms with van der Waals surface area (Å²) < 4.78 is 5.78. The molecule has 26 heavy (non-hydrogen) atoms. The molecule has 1 unspecified atom stereocenters. The van der Waals surface area contributed by atoms with E-state index < -0.39 is 0 Å². The molecular weight excluding hydrogens is 322 g/mol. The summed E-state index contributed by atoms with van der Waals surface area (Å²) in [6.07, 6.45) is 4.46. The third kappa shape index (κ3) is 2.38. The van der Waals surface area contributed by atoms with Crippen LogP contribution in [-0.2, 0) is 12.8 Å². The molecule has 132 valence electrons. The molecule has 0 saturated carbocycles. The van der Waals surface area contributed by atoms with Crippen molar-refractivity contribution in [2.45, 2.75) is 38.5 Å². The Morgan fingerprint density at radius 1 is 1.04 bits per heavy atom. The number of nitrogens with zero attached hydrogens (tertiary/aromatic N) is 1. The van der Waals surface area contributed by atoms with Crippen LogP contribution in [0.3, 0.4) is 0 Å². The number of rotatable bonds is 2. The van der Waals surface area contributed by atoms with E-state index >= 15 is 0 Å². The molecule has 3 nitrogen and oxygen atoms in total. The topological polar surface area (TPSA) is 33.5 Å². The lowest BCUT2D eigenvalue weighted by Crippen LogP contribution is -2.34. The molecule has 3 heterocycles. The molecular formula is C23H23NO2. The van der Waals surface area contributed by atoms with E-state index in [9.17, 15) is 4.79 Å². The number of hydrogen-bond donors (Lipinski definition) is 0. The standard InChI is InChI=1S/C23H23NO2/c1-15(16-7-3-2-4-8-16)19-14-21(25)26-23-18-10-6-12-24-11-5-9-17(22(18)24)13-20(19)23/h2-4,7-8,13-15H,5-6,9-12H2,1H3. The van der Waals surface area contributed by atoms with E-state index in [2.05, 4.69) is 42.2 Å². The lowest BCUT2D eigenvalue weighted by Gasteiger charge is -2.37. The average molecular weight is 345 g/mol. The van der Waals surface area contributed by atoms with Crippen molar-refractivity contribution >= 4 is 16.7 Å². The molecule has 0 fully saturated rings. The van der Waals surface area contributed by atoms with Gasteiger partial charge in [-0.15, -0.1) is 0 Å². The summed E-state index contributed by atoms with van der Waals surface area (Å²) in [4.78, 5) is 14.9. The van der Waals surface area contributed by atoms with Crippen LogP contribution in [-0.4, -0.2) is 13.1 Å². The normalized spacial score (nSPS) is 17.2. The summed E-state index contributed by atoms with van der Waals surface area (Å²) >= 11 is 0. The highest BCUT2D eigenvalue weighted by atomic mass is 16.4. The Balaban J connectivity index is 1.79. The Morgan fingerprint density at radius 3 is 2.62 bits per heavy atom. The lowest BCUT2D eigenvalue weighted by atomic mass is 9.85. The zero-order valence-corrected chi connectivity index (χ0v) is 15.1. The van der Waals surface area contributed by atoms with Crippen molar-refractivity contribution in [2.24, 2.45) is 0 Å². The Kier molecular flexibility index (Phi) is 3.63. The molecule has 0 N–H and O–H groups in total. The number of fused-ring (bicyclic) bond motifs is 2. The maximum atomic E-state index is 12.4. The number of aryl methyl sites for hydroxylation is 2. The van der Waals surface area contributed by atoms with Crippen molar-refractivity contribution in [1.29, 1.82) is 0 Å². The molecule has 0 bridgehead atoms. The number of hydrogen-bond acceptors (Lipinski definition) is 3. The monoisotopic (exact) mass is 345 g/mol. The summed E-state index contributed by atoms with van der Waals surface area (Å²) in [5, 5.41) is 1.12. The fourth-order valence-electron chi connectivity index (χ4n) is 4.78. The summed E-state index contributed by atoms with van der Waals surface area (Å²) in [7, 11) is 0. The van der Waals surface area contributed by atoms with Gasteiger partial charge in [0.1, 0.15) is 5.58 Å². The summed E-state index contributed by atoms with van der Waals surface area (Å²) in [5.41, 5.74) is 6.93. The van der Waals surface area contributed by atoms with Crippen LogP contribution in [0.4, 0.5) is 5.69 Å². The first kappa shape index (κ1) is 15.7. The van der Waals surface area contributed by atoms with Gasteiger partial charge < -0.3 is 9.32 Å². The van der Waals surface area contributed by atoms with E-state index in [-0.39, 0.29) is 11.5 Å². The number of benzene rings is 2. The minimum absolute atomic E-state index is 0.163. The maximum absolute atomic E-state index is 12.4. The molecule has 2 aromatic carbocycles. The average Bonchev–Trinajstić information content (AvgIpc) is 2.68. The lowest BCUT2D eigenvalue weighted by molar-refractivity contribution is 0.547. The van der Waals surface area contributed by atoms with Gasteiger partial charge in [0.25, 0.3) is 0 Å². The molecule has 0 amide bonds. The van der Waals surface area contributed by atoms with Gasteiger partial charge >= 0.3 is 5.63 Å². The van der Waals surface area contributed by atoms with E-state index in [1.807, 2.05) is 6.07 Å². The third-order valence-corrected chi connectivity index (χ3v) is 6.03. The molecule has 1 aromatic heterocycles. The van der Waals surface area contributed by atoms with Gasteiger partial charge in [-0.25, -0.2) is 4.79 Å². The van der Waals surface area contributed by atoms with Gasteiger partial charge in [-0.05, 0) is 48.4 Å². The second-order valence-electron chi connectivity index (χ2n) is 7.59. The maximum Gasteiger partial charge on any atom is 0.336 e. The van der Waals surface area contributed by atoms with Gasteiger partial charge in [0.05, 0.1) is 0 Å². The van der Waals surface area contributed by atoms with Crippen molar-refractivity contribution in [3.63, 3.8) is 0 Å². The molecule has 0 aliphatic carbocycles. The van der Waals surface area contributed by atoms with Crippen molar-refractivity contribution in [1.82, 2.24) is 0 Å². The van der Waals surface area contributed by atoms with E-state index in [4.69, 9.17) is 4.42 Å². The van der Waals surface area contributed by atoms with Gasteiger partial charge in [0, 0.05) is 41.7 Å². The molecule has 2 aliphatic rings. The van der Waals surface area contributed by atoms with Crippen LogP contribution in [0.15, 0.2) is 51.7 Å². The van der Waals surface area contributed by atoms with Gasteiger partial charge in [-0.2, -0.15) is 0 Å². The van der Waals surface area contributed by atoms with Crippen molar-refractivity contribution in [3.05, 3.63) is 75.1 Å². The molecule has 3 aromatic rings. The Morgan fingerprint density at radius 2 is 1.81 bits per heavy atom. The fraction of sp³-hybridized carbons (Fsp3) is 0.348. The fourth-order valence-corrected chi connectivity index (χ4v) is 4.78. The largest absolute Gasteiger partial charge is 0.422 e. The highest BCUT2D eigenvalue weighted by Gasteiger charge is 2.28. The van der Waals surface area contributed by atoms with E-state index in [0.717, 1.165) is 48.9 Å². The summed E-state index contributed by atoms with van der Waals surface area (Å²) in [5.74, 6) is 0.163. The van der Waals surface area contributed by atoms with E-state index in [0.29, 0.717) is 0 Å². The smallest absolute Gasteiger partial charge is 0.336 e. The highest BCUT2D eigenvalue weighted by molar-refractivity contribution is 5.91. The quantitative estimate of drug-likeness (QED) is 0.634. The van der Waals surface area contributed by atoms with Gasteiger partial charge in [-0.3, -0.25) is 0 Å². The van der Waals surface area contributed by atoms with E-state index in [1.54, 1.807) is 6.07 Å². The SMILES string of the molecule is CC(c1ccccc1)c1cc(=O)oc2c3c4c(cc12)CCCN4CCC3. The van der Waals surface area contributed by atoms with Crippen LogP contribution in [0.2, 0.25) is 0 Å². The predicted octanol–water partition coefficient (Wildman–Crippen LogP) is 4.64. The van der Waals surface area contributed by atoms with Crippen LogP contribution in [0, 0.1) is 0 Å². The Labute approximate surface area is 153 Å². The molecule has 5 rings (SSSR count). The minimum Gasteiger partial charge on any atom is -0.422 e. The second-order valence-corrected chi connectivity index (χ2v) is 7.59. The van der Waals surface area contributed by atoms with Crippen LogP contribution < -0.4 is 10.5 Å². The molecule has 2 aliphatic heterocycles.